The molecule has 0 saturated carbocycles. The lowest BCUT2D eigenvalue weighted by atomic mass is 9.92. The lowest BCUT2D eigenvalue weighted by molar-refractivity contribution is 0.252. The van der Waals surface area contributed by atoms with Gasteiger partial charge in [0.15, 0.2) is 0 Å². The van der Waals surface area contributed by atoms with Crippen molar-refractivity contribution in [2.45, 2.75) is 32.6 Å². The van der Waals surface area contributed by atoms with Crippen LogP contribution in [0.25, 0.3) is 5.69 Å². The largest absolute Gasteiger partial charge is 0.348 e. The van der Waals surface area contributed by atoms with Gasteiger partial charge in [-0.3, -0.25) is 5.32 Å². The maximum atomic E-state index is 12.3. The van der Waals surface area contributed by atoms with Crippen LogP contribution in [0.4, 0.5) is 10.6 Å². The highest BCUT2D eigenvalue weighted by atomic mass is 16.2. The number of urea groups is 1. The van der Waals surface area contributed by atoms with E-state index in [1.807, 2.05) is 36.4 Å². The minimum Gasteiger partial charge on any atom is -0.348 e. The Morgan fingerprint density at radius 1 is 1.23 bits per heavy atom. The van der Waals surface area contributed by atoms with E-state index in [0.717, 1.165) is 17.1 Å². The van der Waals surface area contributed by atoms with Crippen molar-refractivity contribution in [2.24, 2.45) is 0 Å². The number of hydrogen-bond donors (Lipinski definition) is 3. The third-order valence-electron chi connectivity index (χ3n) is 3.95. The molecule has 3 aromatic rings. The number of amides is 2. The number of anilines is 1. The summed E-state index contributed by atoms with van der Waals surface area (Å²) in [7, 11) is 0. The zero-order chi connectivity index (χ0) is 18.6. The first-order valence-electron chi connectivity index (χ1n) is 8.61. The number of hydrogen-bond acceptors (Lipinski definition) is 3. The molecule has 0 radical (unpaired) electrons. The number of imidazole rings is 1. The molecule has 0 aliphatic rings. The number of nitrogens with zero attached hydrogens (tertiary/aromatic N) is 3. The standard InChI is InChI=1S/C19H24N6O/c1-19(2,3)16-11-17(25(24-16)15-7-5-4-6-8-15)23-18(26)21-10-9-14-12-20-13-22-14/h4-8,11-13H,9-10H2,1-3H3,(H,20,22)(H2,21,23,26). The first-order valence-corrected chi connectivity index (χ1v) is 8.61. The number of rotatable bonds is 5. The molecule has 0 fully saturated rings. The highest BCUT2D eigenvalue weighted by Crippen LogP contribution is 2.26. The predicted molar refractivity (Wildman–Crippen MR) is 102 cm³/mol. The second kappa shape index (κ2) is 7.43. The summed E-state index contributed by atoms with van der Waals surface area (Å²) in [5, 5.41) is 10.4. The van der Waals surface area contributed by atoms with Crippen molar-refractivity contribution in [3.8, 4) is 5.69 Å². The topological polar surface area (TPSA) is 87.6 Å². The molecule has 7 nitrogen and oxygen atoms in total. The number of H-pyrrole nitrogens is 1. The number of nitrogens with one attached hydrogen (secondary N) is 3. The SMILES string of the molecule is CC(C)(C)c1cc(NC(=O)NCCc2cnc[nH]2)n(-c2ccccc2)n1. The summed E-state index contributed by atoms with van der Waals surface area (Å²) in [6.45, 7) is 6.80. The monoisotopic (exact) mass is 352 g/mol. The van der Waals surface area contributed by atoms with Crippen LogP contribution in [0.3, 0.4) is 0 Å². The van der Waals surface area contributed by atoms with E-state index in [9.17, 15) is 4.79 Å². The average molecular weight is 352 g/mol. The van der Waals surface area contributed by atoms with Crippen LogP contribution in [0.1, 0.15) is 32.2 Å². The molecule has 2 heterocycles. The maximum absolute atomic E-state index is 12.3. The van der Waals surface area contributed by atoms with Crippen LogP contribution in [0.5, 0.6) is 0 Å². The number of para-hydroxylation sites is 1. The summed E-state index contributed by atoms with van der Waals surface area (Å²) in [6.07, 6.45) is 4.07. The molecule has 136 valence electrons. The smallest absolute Gasteiger partial charge is 0.320 e. The highest BCUT2D eigenvalue weighted by molar-refractivity contribution is 5.88. The minimum absolute atomic E-state index is 0.118. The van der Waals surface area contributed by atoms with Crippen molar-refractivity contribution < 1.29 is 4.79 Å². The van der Waals surface area contributed by atoms with Gasteiger partial charge in [0.25, 0.3) is 0 Å². The Morgan fingerprint density at radius 2 is 2.00 bits per heavy atom. The van der Waals surface area contributed by atoms with E-state index in [1.165, 1.54) is 0 Å². The Balaban J connectivity index is 1.73. The van der Waals surface area contributed by atoms with Crippen molar-refractivity contribution in [2.75, 3.05) is 11.9 Å². The van der Waals surface area contributed by atoms with Gasteiger partial charge in [0.2, 0.25) is 0 Å². The normalized spacial score (nSPS) is 11.3. The minimum atomic E-state index is -0.262. The number of aromatic nitrogens is 4. The first-order chi connectivity index (χ1) is 12.4. The maximum Gasteiger partial charge on any atom is 0.320 e. The van der Waals surface area contributed by atoms with Gasteiger partial charge in [-0.1, -0.05) is 39.0 Å². The fourth-order valence-electron chi connectivity index (χ4n) is 2.50. The second-order valence-corrected chi connectivity index (χ2v) is 7.12. The fraction of sp³-hybridized carbons (Fsp3) is 0.316. The third kappa shape index (κ3) is 4.30. The van der Waals surface area contributed by atoms with E-state index in [0.29, 0.717) is 18.8 Å². The molecule has 0 unspecified atom stereocenters. The fourth-order valence-corrected chi connectivity index (χ4v) is 2.50. The number of benzene rings is 1. The summed E-state index contributed by atoms with van der Waals surface area (Å²) in [5.74, 6) is 0.639. The molecule has 0 bridgehead atoms. The van der Waals surface area contributed by atoms with Gasteiger partial charge in [-0.15, -0.1) is 0 Å². The average Bonchev–Trinajstić information content (AvgIpc) is 3.25. The van der Waals surface area contributed by atoms with Crippen molar-refractivity contribution >= 4 is 11.8 Å². The molecule has 3 rings (SSSR count). The van der Waals surface area contributed by atoms with E-state index in [1.54, 1.807) is 17.2 Å². The Kier molecular flexibility index (Phi) is 5.06. The van der Waals surface area contributed by atoms with E-state index in [2.05, 4.69) is 46.5 Å². The van der Waals surface area contributed by atoms with Crippen molar-refractivity contribution in [1.82, 2.24) is 25.1 Å². The van der Waals surface area contributed by atoms with E-state index < -0.39 is 0 Å². The molecule has 2 amide bonds. The molecular formula is C19H24N6O. The number of carbonyl (C=O) groups is 1. The van der Waals surface area contributed by atoms with Crippen LogP contribution in [0.2, 0.25) is 0 Å². The van der Waals surface area contributed by atoms with Gasteiger partial charge in [-0.2, -0.15) is 5.10 Å². The van der Waals surface area contributed by atoms with Gasteiger partial charge in [0.05, 0.1) is 17.7 Å². The molecule has 3 N–H and O–H groups in total. The van der Waals surface area contributed by atoms with E-state index in [-0.39, 0.29) is 11.4 Å². The number of carbonyl (C=O) groups excluding carboxylic acids is 1. The van der Waals surface area contributed by atoms with E-state index in [4.69, 9.17) is 0 Å². The molecule has 7 heteroatoms. The van der Waals surface area contributed by atoms with Crippen LogP contribution in [-0.4, -0.2) is 32.3 Å². The molecular weight excluding hydrogens is 328 g/mol. The molecule has 0 saturated heterocycles. The van der Waals surface area contributed by atoms with Crippen LogP contribution in [0, 0.1) is 0 Å². The molecule has 0 aliphatic heterocycles. The molecule has 1 aromatic carbocycles. The van der Waals surface area contributed by atoms with Crippen molar-refractivity contribution in [3.05, 3.63) is 60.3 Å². The molecule has 26 heavy (non-hydrogen) atoms. The van der Waals surface area contributed by atoms with Gasteiger partial charge in [-0.25, -0.2) is 14.5 Å². The molecule has 2 aromatic heterocycles. The van der Waals surface area contributed by atoms with E-state index >= 15 is 0 Å². The Labute approximate surface area is 152 Å². The second-order valence-electron chi connectivity index (χ2n) is 7.12. The lowest BCUT2D eigenvalue weighted by Crippen LogP contribution is -2.31. The quantitative estimate of drug-likeness (QED) is 0.658. The molecule has 0 atom stereocenters. The Hall–Kier alpha value is -3.09. The van der Waals surface area contributed by atoms with Gasteiger partial charge in [-0.05, 0) is 12.1 Å². The summed E-state index contributed by atoms with van der Waals surface area (Å²) in [4.78, 5) is 19.3. The Bertz CT molecular complexity index is 846. The van der Waals surface area contributed by atoms with Gasteiger partial charge >= 0.3 is 6.03 Å². The number of aromatic amines is 1. The zero-order valence-corrected chi connectivity index (χ0v) is 15.3. The predicted octanol–water partition coefficient (Wildman–Crippen LogP) is 3.26. The summed E-state index contributed by atoms with van der Waals surface area (Å²) in [6, 6.07) is 11.4. The van der Waals surface area contributed by atoms with Crippen molar-refractivity contribution in [1.29, 1.82) is 0 Å². The molecule has 0 spiro atoms. The summed E-state index contributed by atoms with van der Waals surface area (Å²) >= 11 is 0. The van der Waals surface area contributed by atoms with Crippen molar-refractivity contribution in [3.63, 3.8) is 0 Å². The van der Waals surface area contributed by atoms with Crippen LogP contribution >= 0.6 is 0 Å². The van der Waals surface area contributed by atoms with Gasteiger partial charge in [0, 0.05) is 36.3 Å². The van der Waals surface area contributed by atoms with Gasteiger partial charge in [0.1, 0.15) is 5.82 Å². The first kappa shape index (κ1) is 17.7. The van der Waals surface area contributed by atoms with Crippen LogP contribution in [-0.2, 0) is 11.8 Å². The van der Waals surface area contributed by atoms with Crippen LogP contribution < -0.4 is 10.6 Å². The zero-order valence-electron chi connectivity index (χ0n) is 15.3. The molecule has 0 aliphatic carbocycles. The highest BCUT2D eigenvalue weighted by Gasteiger charge is 2.21. The lowest BCUT2D eigenvalue weighted by Gasteiger charge is -2.14. The third-order valence-corrected chi connectivity index (χ3v) is 3.95. The summed E-state index contributed by atoms with van der Waals surface area (Å²) in [5.41, 5.74) is 2.67. The Morgan fingerprint density at radius 3 is 2.65 bits per heavy atom. The van der Waals surface area contributed by atoms with Crippen LogP contribution in [0.15, 0.2) is 48.9 Å². The summed E-state index contributed by atoms with van der Waals surface area (Å²) < 4.78 is 1.76. The van der Waals surface area contributed by atoms with Gasteiger partial charge < -0.3 is 10.3 Å².